The summed E-state index contributed by atoms with van der Waals surface area (Å²) in [5.74, 6) is 0.857. The van der Waals surface area contributed by atoms with E-state index in [-0.39, 0.29) is 4.90 Å². The molecule has 2 atom stereocenters. The second kappa shape index (κ2) is 7.51. The van der Waals surface area contributed by atoms with E-state index in [0.717, 1.165) is 24.1 Å². The number of hydrogen-bond acceptors (Lipinski definition) is 5. The van der Waals surface area contributed by atoms with Gasteiger partial charge in [0.2, 0.25) is 0 Å². The maximum absolute atomic E-state index is 10.5. The molecule has 0 spiro atoms. The van der Waals surface area contributed by atoms with Crippen LogP contribution >= 0.6 is 0 Å². The Labute approximate surface area is 148 Å². The van der Waals surface area contributed by atoms with Crippen molar-refractivity contribution in [2.45, 2.75) is 24.3 Å². The van der Waals surface area contributed by atoms with E-state index in [0.29, 0.717) is 0 Å². The summed E-state index contributed by atoms with van der Waals surface area (Å²) in [4.78, 5) is 6.53. The van der Waals surface area contributed by atoms with Crippen molar-refractivity contribution >= 4 is 15.8 Å². The van der Waals surface area contributed by atoms with Gasteiger partial charge in [-0.15, -0.1) is 0 Å². The summed E-state index contributed by atoms with van der Waals surface area (Å²) in [7, 11) is -4.02. The second-order valence-electron chi connectivity index (χ2n) is 6.51. The minimum Gasteiger partial charge on any atom is -0.368 e. The van der Waals surface area contributed by atoms with Crippen LogP contribution in [0.2, 0.25) is 0 Å². The summed E-state index contributed by atoms with van der Waals surface area (Å²) in [6, 6.07) is 10.9. The standard InChI is InChI=1S/C11H15N3.C7H8O3S/c1-2-10(6-12-4-1)14-7-9-3-5-13-11(9)8-14;1-6-2-4-7(5-3-6)11(8,9)10/h1-2,4,6,9,11,13H,3,5,7-8H2;2-5H,1H3,(H,8,9,10)/t9-,11+;/m0./s1. The normalized spacial score (nSPS) is 22.2. The van der Waals surface area contributed by atoms with Crippen LogP contribution in [0.15, 0.2) is 53.7 Å². The summed E-state index contributed by atoms with van der Waals surface area (Å²) in [6.07, 6.45) is 5.13. The largest absolute Gasteiger partial charge is 0.368 e. The molecule has 25 heavy (non-hydrogen) atoms. The van der Waals surface area contributed by atoms with Crippen LogP contribution in [0.3, 0.4) is 0 Å². The van der Waals surface area contributed by atoms with Crippen molar-refractivity contribution in [3.05, 3.63) is 54.4 Å². The number of anilines is 1. The van der Waals surface area contributed by atoms with Gasteiger partial charge in [0.1, 0.15) is 0 Å². The zero-order valence-electron chi connectivity index (χ0n) is 14.2. The molecule has 2 saturated heterocycles. The number of pyridine rings is 1. The Hall–Kier alpha value is -1.96. The lowest BCUT2D eigenvalue weighted by atomic mass is 10.1. The molecule has 0 saturated carbocycles. The highest BCUT2D eigenvalue weighted by Gasteiger charge is 2.35. The molecule has 2 aliphatic rings. The number of aromatic nitrogens is 1. The molecule has 1 aromatic carbocycles. The zero-order valence-corrected chi connectivity index (χ0v) is 15.0. The molecule has 6 nitrogen and oxygen atoms in total. The fourth-order valence-electron chi connectivity index (χ4n) is 3.31. The van der Waals surface area contributed by atoms with Gasteiger partial charge in [0.25, 0.3) is 10.1 Å². The molecule has 0 radical (unpaired) electrons. The zero-order chi connectivity index (χ0) is 17.9. The fourth-order valence-corrected chi connectivity index (χ4v) is 3.79. The van der Waals surface area contributed by atoms with Crippen LogP contribution in [-0.4, -0.2) is 43.6 Å². The first-order chi connectivity index (χ1) is 11.9. The lowest BCUT2D eigenvalue weighted by Crippen LogP contribution is -2.30. The van der Waals surface area contributed by atoms with E-state index in [9.17, 15) is 8.42 Å². The van der Waals surface area contributed by atoms with Gasteiger partial charge in [-0.2, -0.15) is 8.42 Å². The molecule has 1 aromatic heterocycles. The number of nitrogens with zero attached hydrogens (tertiary/aromatic N) is 2. The van der Waals surface area contributed by atoms with Gasteiger partial charge in [-0.3, -0.25) is 9.54 Å². The Bertz CT molecular complexity index is 782. The molecule has 134 valence electrons. The first-order valence-electron chi connectivity index (χ1n) is 8.36. The Morgan fingerprint density at radius 1 is 1.20 bits per heavy atom. The first kappa shape index (κ1) is 17.8. The summed E-state index contributed by atoms with van der Waals surface area (Å²) >= 11 is 0. The SMILES string of the molecule is Cc1ccc(S(=O)(=O)O)cc1.c1cncc(N2C[C@@H]3CCN[C@@H]3C2)c1. The molecule has 2 N–H and O–H groups in total. The molecular formula is C18H23N3O3S. The molecule has 7 heteroatoms. The molecule has 2 aromatic rings. The van der Waals surface area contributed by atoms with Crippen LogP contribution < -0.4 is 10.2 Å². The highest BCUT2D eigenvalue weighted by molar-refractivity contribution is 7.85. The minimum absolute atomic E-state index is 0.0666. The van der Waals surface area contributed by atoms with Crippen LogP contribution in [0, 0.1) is 12.8 Å². The van der Waals surface area contributed by atoms with Gasteiger partial charge in [0, 0.05) is 25.3 Å². The number of nitrogens with one attached hydrogen (secondary N) is 1. The third-order valence-electron chi connectivity index (χ3n) is 4.69. The quantitative estimate of drug-likeness (QED) is 0.798. The summed E-state index contributed by atoms with van der Waals surface area (Å²) in [5.41, 5.74) is 2.22. The van der Waals surface area contributed by atoms with Gasteiger partial charge < -0.3 is 10.2 Å². The number of rotatable bonds is 2. The van der Waals surface area contributed by atoms with Crippen LogP contribution in [0.25, 0.3) is 0 Å². The van der Waals surface area contributed by atoms with Gasteiger partial charge in [-0.25, -0.2) is 0 Å². The van der Waals surface area contributed by atoms with Crippen molar-refractivity contribution in [1.82, 2.24) is 10.3 Å². The molecule has 0 bridgehead atoms. The average Bonchev–Trinajstić information content (AvgIpc) is 3.17. The maximum Gasteiger partial charge on any atom is 0.294 e. The van der Waals surface area contributed by atoms with Gasteiger partial charge >= 0.3 is 0 Å². The molecule has 2 fully saturated rings. The molecule has 0 aliphatic carbocycles. The topological polar surface area (TPSA) is 82.5 Å². The summed E-state index contributed by atoms with van der Waals surface area (Å²) < 4.78 is 29.6. The van der Waals surface area contributed by atoms with E-state index in [4.69, 9.17) is 4.55 Å². The van der Waals surface area contributed by atoms with E-state index < -0.39 is 10.1 Å². The Morgan fingerprint density at radius 3 is 2.56 bits per heavy atom. The highest BCUT2D eigenvalue weighted by Crippen LogP contribution is 2.28. The average molecular weight is 361 g/mol. The smallest absolute Gasteiger partial charge is 0.294 e. The van der Waals surface area contributed by atoms with Gasteiger partial charge in [0.15, 0.2) is 0 Å². The van der Waals surface area contributed by atoms with E-state index in [1.165, 1.54) is 37.3 Å². The van der Waals surface area contributed by atoms with Crippen molar-refractivity contribution in [2.75, 3.05) is 24.5 Å². The number of hydrogen-bond donors (Lipinski definition) is 2. The Kier molecular flexibility index (Phi) is 5.36. The maximum atomic E-state index is 10.5. The molecule has 2 aliphatic heterocycles. The van der Waals surface area contributed by atoms with Crippen molar-refractivity contribution in [2.24, 2.45) is 5.92 Å². The predicted molar refractivity (Wildman–Crippen MR) is 97.3 cm³/mol. The van der Waals surface area contributed by atoms with Gasteiger partial charge in [0.05, 0.1) is 16.8 Å². The van der Waals surface area contributed by atoms with Crippen molar-refractivity contribution < 1.29 is 13.0 Å². The van der Waals surface area contributed by atoms with Crippen LogP contribution in [0.4, 0.5) is 5.69 Å². The molecular weight excluding hydrogens is 338 g/mol. The van der Waals surface area contributed by atoms with Crippen molar-refractivity contribution in [3.8, 4) is 0 Å². The number of aryl methyl sites for hydroxylation is 1. The van der Waals surface area contributed by atoms with E-state index in [2.05, 4.69) is 21.3 Å². The van der Waals surface area contributed by atoms with Crippen LogP contribution in [0.1, 0.15) is 12.0 Å². The minimum atomic E-state index is -4.02. The van der Waals surface area contributed by atoms with Crippen molar-refractivity contribution in [1.29, 1.82) is 0 Å². The fraction of sp³-hybridized carbons (Fsp3) is 0.389. The predicted octanol–water partition coefficient (Wildman–Crippen LogP) is 2.12. The van der Waals surface area contributed by atoms with Crippen LogP contribution in [0.5, 0.6) is 0 Å². The molecule has 3 heterocycles. The third kappa shape index (κ3) is 4.56. The van der Waals surface area contributed by atoms with Gasteiger partial charge in [-0.05, 0) is 50.1 Å². The molecule has 4 rings (SSSR count). The Balaban J connectivity index is 0.000000151. The lowest BCUT2D eigenvalue weighted by molar-refractivity contribution is 0.483. The van der Waals surface area contributed by atoms with E-state index >= 15 is 0 Å². The second-order valence-corrected chi connectivity index (χ2v) is 7.94. The molecule has 0 unspecified atom stereocenters. The van der Waals surface area contributed by atoms with E-state index in [1.807, 2.05) is 25.4 Å². The van der Waals surface area contributed by atoms with E-state index in [1.54, 1.807) is 12.1 Å². The highest BCUT2D eigenvalue weighted by atomic mass is 32.2. The number of fused-ring (bicyclic) bond motifs is 1. The lowest BCUT2D eigenvalue weighted by Gasteiger charge is -2.18. The van der Waals surface area contributed by atoms with Gasteiger partial charge in [-0.1, -0.05) is 17.7 Å². The third-order valence-corrected chi connectivity index (χ3v) is 5.56. The van der Waals surface area contributed by atoms with Crippen molar-refractivity contribution in [3.63, 3.8) is 0 Å². The summed E-state index contributed by atoms with van der Waals surface area (Å²) in [6.45, 7) is 5.39. The molecule has 0 amide bonds. The van der Waals surface area contributed by atoms with Crippen LogP contribution in [-0.2, 0) is 10.1 Å². The number of benzene rings is 1. The Morgan fingerprint density at radius 2 is 1.96 bits per heavy atom. The summed E-state index contributed by atoms with van der Waals surface area (Å²) in [5, 5.41) is 3.56. The first-order valence-corrected chi connectivity index (χ1v) is 9.80. The monoisotopic (exact) mass is 361 g/mol.